The van der Waals surface area contributed by atoms with Gasteiger partial charge in [0.25, 0.3) is 11.8 Å². The minimum Gasteiger partial charge on any atom is -0.491 e. The molecule has 0 aliphatic heterocycles. The number of carbonyl (C=O) groups excluding carboxylic acids is 2. The fourth-order valence-corrected chi connectivity index (χ4v) is 3.14. The highest BCUT2D eigenvalue weighted by molar-refractivity contribution is 7.13. The Morgan fingerprint density at radius 1 is 1.00 bits per heavy atom. The number of thiazole rings is 1. The van der Waals surface area contributed by atoms with Crippen LogP contribution in [-0.2, 0) is 0 Å². The van der Waals surface area contributed by atoms with E-state index in [1.54, 1.807) is 68.1 Å². The number of ether oxygens (including phenoxy) is 2. The lowest BCUT2D eigenvalue weighted by atomic mass is 10.1. The number of hydrogen-bond donors (Lipinski definition) is 1. The van der Waals surface area contributed by atoms with Gasteiger partial charge in [-0.25, -0.2) is 4.98 Å². The summed E-state index contributed by atoms with van der Waals surface area (Å²) in [6.07, 6.45) is 1.56. The Bertz CT molecular complexity index is 1020. The summed E-state index contributed by atoms with van der Waals surface area (Å²) in [6, 6.07) is 11.8. The Balaban J connectivity index is 1.84. The fraction of sp³-hybridized carbons (Fsp3) is 0.227. The monoisotopic (exact) mass is 425 g/mol. The first-order chi connectivity index (χ1) is 14.3. The molecule has 0 aliphatic rings. The standard InChI is InChI=1S/C22H23N3O4S/c1-14(2)28-18-11-16(20(26)24-22-23-9-10-30-22)12-19(13-18)29-17-7-5-15(6-8-17)21(27)25(3)4/h5-14H,1-4H3,(H,23,24,26). The molecule has 0 unspecified atom stereocenters. The third kappa shape index (κ3) is 5.57. The first kappa shape index (κ1) is 21.3. The lowest BCUT2D eigenvalue weighted by molar-refractivity contribution is 0.0827. The summed E-state index contributed by atoms with van der Waals surface area (Å²) in [5.41, 5.74) is 0.950. The predicted molar refractivity (Wildman–Crippen MR) is 117 cm³/mol. The van der Waals surface area contributed by atoms with Crippen LogP contribution in [0.1, 0.15) is 34.6 Å². The molecular weight excluding hydrogens is 402 g/mol. The molecule has 3 aromatic rings. The van der Waals surface area contributed by atoms with Gasteiger partial charge in [0.1, 0.15) is 17.2 Å². The van der Waals surface area contributed by atoms with E-state index in [2.05, 4.69) is 10.3 Å². The van der Waals surface area contributed by atoms with Crippen molar-refractivity contribution in [1.82, 2.24) is 9.88 Å². The second kappa shape index (κ2) is 9.41. The Kier molecular flexibility index (Phi) is 6.68. The number of rotatable bonds is 7. The van der Waals surface area contributed by atoms with Crippen molar-refractivity contribution in [3.63, 3.8) is 0 Å². The first-order valence-electron chi connectivity index (χ1n) is 9.34. The lowest BCUT2D eigenvalue weighted by Crippen LogP contribution is -2.21. The van der Waals surface area contributed by atoms with Crippen LogP contribution in [-0.4, -0.2) is 41.9 Å². The molecule has 30 heavy (non-hydrogen) atoms. The maximum atomic E-state index is 12.6. The van der Waals surface area contributed by atoms with Gasteiger partial charge in [-0.15, -0.1) is 11.3 Å². The van der Waals surface area contributed by atoms with E-state index in [1.165, 1.54) is 16.2 Å². The molecule has 3 rings (SSSR count). The average Bonchev–Trinajstić information content (AvgIpc) is 3.20. The summed E-state index contributed by atoms with van der Waals surface area (Å²) in [5, 5.41) is 5.05. The molecule has 0 bridgehead atoms. The zero-order valence-electron chi connectivity index (χ0n) is 17.2. The number of amides is 2. The molecule has 2 amide bonds. The molecule has 0 saturated carbocycles. The van der Waals surface area contributed by atoms with Crippen LogP contribution in [0.15, 0.2) is 54.0 Å². The summed E-state index contributed by atoms with van der Waals surface area (Å²) in [7, 11) is 3.40. The van der Waals surface area contributed by atoms with Crippen LogP contribution < -0.4 is 14.8 Å². The molecule has 1 N–H and O–H groups in total. The number of nitrogens with zero attached hydrogens (tertiary/aromatic N) is 2. The highest BCUT2D eigenvalue weighted by Gasteiger charge is 2.14. The molecule has 0 atom stereocenters. The van der Waals surface area contributed by atoms with Crippen molar-refractivity contribution in [1.29, 1.82) is 0 Å². The second-order valence-electron chi connectivity index (χ2n) is 6.98. The number of aromatic nitrogens is 1. The normalized spacial score (nSPS) is 10.6. The molecule has 0 aliphatic carbocycles. The number of anilines is 1. The summed E-state index contributed by atoms with van der Waals surface area (Å²) >= 11 is 1.34. The smallest absolute Gasteiger partial charge is 0.257 e. The first-order valence-corrected chi connectivity index (χ1v) is 10.2. The van der Waals surface area contributed by atoms with Crippen molar-refractivity contribution < 1.29 is 19.1 Å². The Labute approximate surface area is 179 Å². The molecule has 1 heterocycles. The summed E-state index contributed by atoms with van der Waals surface area (Å²) in [5.74, 6) is 1.11. The van der Waals surface area contributed by atoms with Crippen LogP contribution >= 0.6 is 11.3 Å². The van der Waals surface area contributed by atoms with E-state index >= 15 is 0 Å². The van der Waals surface area contributed by atoms with Gasteiger partial charge in [0.2, 0.25) is 0 Å². The predicted octanol–water partition coefficient (Wildman–Crippen LogP) is 4.68. The van der Waals surface area contributed by atoms with Gasteiger partial charge < -0.3 is 14.4 Å². The molecule has 0 fully saturated rings. The van der Waals surface area contributed by atoms with E-state index in [0.29, 0.717) is 33.5 Å². The van der Waals surface area contributed by atoms with Gasteiger partial charge in [0.05, 0.1) is 6.10 Å². The van der Waals surface area contributed by atoms with E-state index in [4.69, 9.17) is 9.47 Å². The molecule has 7 nitrogen and oxygen atoms in total. The van der Waals surface area contributed by atoms with Gasteiger partial charge in [0.15, 0.2) is 5.13 Å². The van der Waals surface area contributed by atoms with Crippen molar-refractivity contribution in [2.45, 2.75) is 20.0 Å². The van der Waals surface area contributed by atoms with E-state index in [0.717, 1.165) is 0 Å². The van der Waals surface area contributed by atoms with Crippen LogP contribution in [0.25, 0.3) is 0 Å². The van der Waals surface area contributed by atoms with Gasteiger partial charge in [-0.2, -0.15) is 0 Å². The maximum Gasteiger partial charge on any atom is 0.257 e. The topological polar surface area (TPSA) is 80.8 Å². The molecule has 0 radical (unpaired) electrons. The Morgan fingerprint density at radius 2 is 1.70 bits per heavy atom. The van der Waals surface area contributed by atoms with Gasteiger partial charge in [-0.3, -0.25) is 14.9 Å². The Hall–Kier alpha value is -3.39. The number of hydrogen-bond acceptors (Lipinski definition) is 6. The molecular formula is C22H23N3O4S. The van der Waals surface area contributed by atoms with E-state index in [9.17, 15) is 9.59 Å². The Morgan fingerprint density at radius 3 is 2.30 bits per heavy atom. The summed E-state index contributed by atoms with van der Waals surface area (Å²) in [4.78, 5) is 30.3. The van der Waals surface area contributed by atoms with E-state index in [1.807, 2.05) is 13.8 Å². The zero-order chi connectivity index (χ0) is 21.7. The van der Waals surface area contributed by atoms with E-state index < -0.39 is 0 Å². The zero-order valence-corrected chi connectivity index (χ0v) is 18.0. The number of carbonyl (C=O) groups is 2. The third-order valence-corrected chi connectivity index (χ3v) is 4.60. The van der Waals surface area contributed by atoms with Crippen molar-refractivity contribution in [2.24, 2.45) is 0 Å². The van der Waals surface area contributed by atoms with Gasteiger partial charge in [-0.05, 0) is 50.2 Å². The quantitative estimate of drug-likeness (QED) is 0.595. The minimum absolute atomic E-state index is 0.0635. The average molecular weight is 426 g/mol. The van der Waals surface area contributed by atoms with Crippen LogP contribution in [0, 0.1) is 0 Å². The van der Waals surface area contributed by atoms with E-state index in [-0.39, 0.29) is 17.9 Å². The van der Waals surface area contributed by atoms with Crippen molar-refractivity contribution >= 4 is 28.3 Å². The fourth-order valence-electron chi connectivity index (χ4n) is 2.62. The molecule has 156 valence electrons. The summed E-state index contributed by atoms with van der Waals surface area (Å²) < 4.78 is 11.7. The molecule has 2 aromatic carbocycles. The highest BCUT2D eigenvalue weighted by Crippen LogP contribution is 2.29. The lowest BCUT2D eigenvalue weighted by Gasteiger charge is -2.14. The van der Waals surface area contributed by atoms with Crippen LogP contribution in [0.4, 0.5) is 5.13 Å². The largest absolute Gasteiger partial charge is 0.491 e. The van der Waals surface area contributed by atoms with Gasteiger partial charge in [0, 0.05) is 42.9 Å². The van der Waals surface area contributed by atoms with Crippen molar-refractivity contribution in [2.75, 3.05) is 19.4 Å². The molecule has 0 saturated heterocycles. The van der Waals surface area contributed by atoms with Crippen LogP contribution in [0.2, 0.25) is 0 Å². The van der Waals surface area contributed by atoms with Gasteiger partial charge >= 0.3 is 0 Å². The summed E-state index contributed by atoms with van der Waals surface area (Å²) in [6.45, 7) is 3.81. The SMILES string of the molecule is CC(C)Oc1cc(Oc2ccc(C(=O)N(C)C)cc2)cc(C(=O)Nc2nccs2)c1. The highest BCUT2D eigenvalue weighted by atomic mass is 32.1. The van der Waals surface area contributed by atoms with Gasteiger partial charge in [-0.1, -0.05) is 0 Å². The van der Waals surface area contributed by atoms with Crippen LogP contribution in [0.5, 0.6) is 17.2 Å². The molecule has 0 spiro atoms. The third-order valence-electron chi connectivity index (χ3n) is 3.91. The van der Waals surface area contributed by atoms with Crippen molar-refractivity contribution in [3.8, 4) is 17.2 Å². The number of benzene rings is 2. The maximum absolute atomic E-state index is 12.6. The minimum atomic E-state index is -0.309. The number of nitrogens with one attached hydrogen (secondary N) is 1. The second-order valence-corrected chi connectivity index (χ2v) is 7.87. The molecule has 8 heteroatoms. The van der Waals surface area contributed by atoms with Crippen LogP contribution in [0.3, 0.4) is 0 Å². The van der Waals surface area contributed by atoms with Crippen molar-refractivity contribution in [3.05, 3.63) is 65.2 Å². The molecule has 1 aromatic heterocycles.